The van der Waals surface area contributed by atoms with E-state index < -0.39 is 5.76 Å². The highest BCUT2D eigenvalue weighted by atomic mass is 32.1. The molecule has 1 aliphatic heterocycles. The molecule has 10 heteroatoms. The zero-order valence-corrected chi connectivity index (χ0v) is 18.1. The molecule has 164 valence electrons. The maximum atomic E-state index is 13.0. The van der Waals surface area contributed by atoms with Crippen LogP contribution in [-0.4, -0.2) is 48.7 Å². The van der Waals surface area contributed by atoms with Crippen LogP contribution >= 0.6 is 11.3 Å². The van der Waals surface area contributed by atoms with E-state index in [0.717, 1.165) is 31.9 Å². The van der Waals surface area contributed by atoms with Crippen molar-refractivity contribution in [3.8, 4) is 10.8 Å². The average molecular weight is 452 g/mol. The highest BCUT2D eigenvalue weighted by molar-refractivity contribution is 7.16. The molecule has 0 unspecified atom stereocenters. The summed E-state index contributed by atoms with van der Waals surface area (Å²) in [6.45, 7) is 3.50. The summed E-state index contributed by atoms with van der Waals surface area (Å²) < 4.78 is 12.0. The summed E-state index contributed by atoms with van der Waals surface area (Å²) >= 11 is 1.21. The molecule has 5 rings (SSSR count). The standard InChI is InChI=1S/C22H21N5O4S/c1-30-14-2-3-17-18(12-14)31-22(29)27(17)20-5-4-19(32-20)21(28)25-15-13-24-7-6-16(15)26-10-8-23-9-11-26/h2-7,12-13,23H,8-11H2,1H3,(H,25,28). The lowest BCUT2D eigenvalue weighted by molar-refractivity contribution is 0.103. The largest absolute Gasteiger partial charge is 0.497 e. The normalized spacial score (nSPS) is 14.0. The minimum Gasteiger partial charge on any atom is -0.497 e. The van der Waals surface area contributed by atoms with Crippen molar-refractivity contribution in [3.63, 3.8) is 0 Å². The lowest BCUT2D eigenvalue weighted by Crippen LogP contribution is -2.43. The number of hydrogen-bond donors (Lipinski definition) is 2. The Labute approximate surface area is 187 Å². The van der Waals surface area contributed by atoms with Gasteiger partial charge in [0, 0.05) is 38.4 Å². The first kappa shape index (κ1) is 20.3. The van der Waals surface area contributed by atoms with E-state index in [1.54, 1.807) is 49.8 Å². The number of rotatable bonds is 5. The molecule has 0 saturated carbocycles. The third-order valence-electron chi connectivity index (χ3n) is 5.33. The number of thiophene rings is 1. The number of oxazole rings is 1. The van der Waals surface area contributed by atoms with Crippen molar-refractivity contribution in [2.24, 2.45) is 0 Å². The maximum Gasteiger partial charge on any atom is 0.425 e. The number of nitrogens with one attached hydrogen (secondary N) is 2. The van der Waals surface area contributed by atoms with Gasteiger partial charge in [0.25, 0.3) is 5.91 Å². The number of carbonyl (C=O) groups is 1. The van der Waals surface area contributed by atoms with Gasteiger partial charge >= 0.3 is 5.76 Å². The molecular formula is C22H21N5O4S. The number of nitrogens with zero attached hydrogens (tertiary/aromatic N) is 3. The van der Waals surface area contributed by atoms with E-state index in [0.29, 0.717) is 32.4 Å². The van der Waals surface area contributed by atoms with Gasteiger partial charge in [-0.3, -0.25) is 9.78 Å². The smallest absolute Gasteiger partial charge is 0.425 e. The van der Waals surface area contributed by atoms with Crippen molar-refractivity contribution in [1.82, 2.24) is 14.9 Å². The van der Waals surface area contributed by atoms with Crippen LogP contribution in [0, 0.1) is 0 Å². The highest BCUT2D eigenvalue weighted by Crippen LogP contribution is 2.29. The topological polar surface area (TPSA) is 102 Å². The number of methoxy groups -OCH3 is 1. The van der Waals surface area contributed by atoms with Gasteiger partial charge in [0.2, 0.25) is 0 Å². The fraction of sp³-hybridized carbons (Fsp3) is 0.227. The third kappa shape index (κ3) is 3.74. The first-order valence-corrected chi connectivity index (χ1v) is 11.0. The van der Waals surface area contributed by atoms with Gasteiger partial charge in [0.05, 0.1) is 35.1 Å². The molecule has 0 spiro atoms. The second-order valence-corrected chi connectivity index (χ2v) is 8.32. The maximum absolute atomic E-state index is 13.0. The number of fused-ring (bicyclic) bond motifs is 1. The van der Waals surface area contributed by atoms with Gasteiger partial charge in [0.1, 0.15) is 10.8 Å². The molecule has 1 fully saturated rings. The van der Waals surface area contributed by atoms with E-state index in [4.69, 9.17) is 9.15 Å². The van der Waals surface area contributed by atoms with Crippen LogP contribution in [0.25, 0.3) is 16.1 Å². The van der Waals surface area contributed by atoms with Crippen molar-refractivity contribution in [2.45, 2.75) is 0 Å². The molecule has 1 saturated heterocycles. The summed E-state index contributed by atoms with van der Waals surface area (Å²) in [5, 5.41) is 6.89. The van der Waals surface area contributed by atoms with Crippen molar-refractivity contribution in [1.29, 1.82) is 0 Å². The van der Waals surface area contributed by atoms with Gasteiger partial charge in [-0.2, -0.15) is 0 Å². The van der Waals surface area contributed by atoms with Gasteiger partial charge in [-0.05, 0) is 30.3 Å². The third-order valence-corrected chi connectivity index (χ3v) is 6.40. The fourth-order valence-electron chi connectivity index (χ4n) is 3.75. The summed E-state index contributed by atoms with van der Waals surface area (Å²) in [6, 6.07) is 10.5. The lowest BCUT2D eigenvalue weighted by atomic mass is 10.2. The minimum absolute atomic E-state index is 0.256. The number of ether oxygens (including phenoxy) is 1. The Morgan fingerprint density at radius 1 is 1.22 bits per heavy atom. The van der Waals surface area contributed by atoms with Gasteiger partial charge in [-0.15, -0.1) is 11.3 Å². The second-order valence-electron chi connectivity index (χ2n) is 7.26. The molecule has 1 aliphatic rings. The molecule has 32 heavy (non-hydrogen) atoms. The quantitative estimate of drug-likeness (QED) is 0.481. The first-order valence-electron chi connectivity index (χ1n) is 10.1. The van der Waals surface area contributed by atoms with Crippen molar-refractivity contribution >= 4 is 39.7 Å². The molecule has 1 amide bonds. The van der Waals surface area contributed by atoms with Crippen molar-refractivity contribution < 1.29 is 13.9 Å². The Balaban J connectivity index is 1.42. The van der Waals surface area contributed by atoms with Crippen molar-refractivity contribution in [2.75, 3.05) is 43.5 Å². The van der Waals surface area contributed by atoms with Crippen LogP contribution < -0.4 is 26.0 Å². The molecule has 2 N–H and O–H groups in total. The predicted molar refractivity (Wildman–Crippen MR) is 124 cm³/mol. The Hall–Kier alpha value is -3.63. The van der Waals surface area contributed by atoms with Gasteiger partial charge in [0.15, 0.2) is 5.58 Å². The molecule has 3 aromatic heterocycles. The van der Waals surface area contributed by atoms with E-state index in [9.17, 15) is 9.59 Å². The number of benzene rings is 1. The Morgan fingerprint density at radius 3 is 2.88 bits per heavy atom. The van der Waals surface area contributed by atoms with E-state index in [-0.39, 0.29) is 5.91 Å². The number of aromatic nitrogens is 2. The van der Waals surface area contributed by atoms with Gasteiger partial charge in [-0.25, -0.2) is 9.36 Å². The number of anilines is 2. The van der Waals surface area contributed by atoms with E-state index in [1.165, 1.54) is 15.9 Å². The summed E-state index contributed by atoms with van der Waals surface area (Å²) in [5.74, 6) is -0.176. The number of amides is 1. The van der Waals surface area contributed by atoms with Gasteiger partial charge in [-0.1, -0.05) is 0 Å². The predicted octanol–water partition coefficient (Wildman–Crippen LogP) is 2.71. The van der Waals surface area contributed by atoms with Crippen LogP contribution in [0.2, 0.25) is 0 Å². The molecule has 4 heterocycles. The van der Waals surface area contributed by atoms with Crippen LogP contribution in [-0.2, 0) is 0 Å². The second kappa shape index (κ2) is 8.48. The molecule has 0 radical (unpaired) electrons. The highest BCUT2D eigenvalue weighted by Gasteiger charge is 2.19. The van der Waals surface area contributed by atoms with Crippen LogP contribution in [0.3, 0.4) is 0 Å². The Bertz CT molecular complexity index is 1340. The molecule has 0 aliphatic carbocycles. The van der Waals surface area contributed by atoms with Gasteiger partial charge < -0.3 is 24.7 Å². The summed E-state index contributed by atoms with van der Waals surface area (Å²) in [7, 11) is 1.55. The Morgan fingerprint density at radius 2 is 2.06 bits per heavy atom. The zero-order valence-electron chi connectivity index (χ0n) is 17.3. The lowest BCUT2D eigenvalue weighted by Gasteiger charge is -2.30. The van der Waals surface area contributed by atoms with E-state index in [2.05, 4.69) is 20.5 Å². The average Bonchev–Trinajstić information content (AvgIpc) is 3.43. The van der Waals surface area contributed by atoms with Crippen LogP contribution in [0.15, 0.2) is 58.0 Å². The monoisotopic (exact) mass is 451 g/mol. The molecule has 4 aromatic rings. The number of pyridine rings is 1. The SMILES string of the molecule is COc1ccc2c(c1)oc(=O)n2-c1ccc(C(=O)Nc2cnccc2N2CCNCC2)s1. The Kier molecular flexibility index (Phi) is 5.38. The molecular weight excluding hydrogens is 430 g/mol. The van der Waals surface area contributed by atoms with Crippen LogP contribution in [0.4, 0.5) is 11.4 Å². The van der Waals surface area contributed by atoms with Crippen LogP contribution in [0.1, 0.15) is 9.67 Å². The zero-order chi connectivity index (χ0) is 22.1. The summed E-state index contributed by atoms with van der Waals surface area (Å²) in [6.07, 6.45) is 3.38. The molecule has 0 bridgehead atoms. The van der Waals surface area contributed by atoms with E-state index in [1.807, 2.05) is 6.07 Å². The fourth-order valence-corrected chi connectivity index (χ4v) is 4.66. The van der Waals surface area contributed by atoms with Crippen LogP contribution in [0.5, 0.6) is 5.75 Å². The summed E-state index contributed by atoms with van der Waals surface area (Å²) in [4.78, 5) is 32.3. The van der Waals surface area contributed by atoms with Crippen molar-refractivity contribution in [3.05, 3.63) is 64.2 Å². The first-order chi connectivity index (χ1) is 15.6. The molecule has 0 atom stereocenters. The summed E-state index contributed by atoms with van der Waals surface area (Å²) in [5.41, 5.74) is 2.63. The molecule has 1 aromatic carbocycles. The number of piperazine rings is 1. The molecule has 9 nitrogen and oxygen atoms in total. The number of carbonyl (C=O) groups excluding carboxylic acids is 1. The minimum atomic E-state index is -0.518. The van der Waals surface area contributed by atoms with E-state index >= 15 is 0 Å². The number of hydrogen-bond acceptors (Lipinski definition) is 8.